The van der Waals surface area contributed by atoms with Gasteiger partial charge < -0.3 is 4.74 Å². The van der Waals surface area contributed by atoms with Gasteiger partial charge >= 0.3 is 0 Å². The molecule has 0 aliphatic carbocycles. The number of ether oxygens (including phenoxy) is 1. The quantitative estimate of drug-likeness (QED) is 0.467. The van der Waals surface area contributed by atoms with Gasteiger partial charge in [-0.3, -0.25) is 0 Å². The second-order valence-electron chi connectivity index (χ2n) is 7.18. The molecule has 2 atom stereocenters. The van der Waals surface area contributed by atoms with E-state index >= 15 is 0 Å². The van der Waals surface area contributed by atoms with Crippen LogP contribution in [0.5, 0.6) is 0 Å². The van der Waals surface area contributed by atoms with Crippen LogP contribution in [0.25, 0.3) is 0 Å². The van der Waals surface area contributed by atoms with Crippen molar-refractivity contribution in [3.63, 3.8) is 0 Å². The average Bonchev–Trinajstić information content (AvgIpc) is 3.15. The standard InChI is InChI=1S/C16H33NO3S/c1-5-6-7-8-9-10-11-14(12-15-13-20-15)17-21(18,19)16(2,3)4/h14-15,17H,5-13H2,1-4H3/t14-,15+/m1/s1. The number of hydrogen-bond donors (Lipinski definition) is 1. The summed E-state index contributed by atoms with van der Waals surface area (Å²) in [6.07, 6.45) is 9.38. The Bertz CT molecular complexity index is 383. The van der Waals surface area contributed by atoms with Crippen molar-refractivity contribution in [3.8, 4) is 0 Å². The fourth-order valence-electron chi connectivity index (χ4n) is 2.31. The highest BCUT2D eigenvalue weighted by atomic mass is 32.2. The van der Waals surface area contributed by atoms with Crippen molar-refractivity contribution in [1.82, 2.24) is 4.72 Å². The first-order chi connectivity index (χ1) is 9.76. The Balaban J connectivity index is 2.37. The summed E-state index contributed by atoms with van der Waals surface area (Å²) in [5, 5.41) is 0. The summed E-state index contributed by atoms with van der Waals surface area (Å²) in [4.78, 5) is 0. The van der Waals surface area contributed by atoms with Crippen molar-refractivity contribution in [2.75, 3.05) is 6.61 Å². The Hall–Kier alpha value is -0.130. The number of hydrogen-bond acceptors (Lipinski definition) is 3. The highest BCUT2D eigenvalue weighted by molar-refractivity contribution is 7.90. The van der Waals surface area contributed by atoms with E-state index in [4.69, 9.17) is 4.74 Å². The predicted molar refractivity (Wildman–Crippen MR) is 87.9 cm³/mol. The molecule has 0 spiro atoms. The Kier molecular flexibility index (Phi) is 7.65. The zero-order valence-electron chi connectivity index (χ0n) is 14.2. The minimum absolute atomic E-state index is 0.0212. The third-order valence-corrected chi connectivity index (χ3v) is 6.24. The number of epoxide rings is 1. The maximum absolute atomic E-state index is 12.3. The molecule has 1 aliphatic heterocycles. The summed E-state index contributed by atoms with van der Waals surface area (Å²) in [5.74, 6) is 0. The summed E-state index contributed by atoms with van der Waals surface area (Å²) >= 11 is 0. The van der Waals surface area contributed by atoms with Crippen LogP contribution in [-0.4, -0.2) is 31.9 Å². The molecule has 0 unspecified atom stereocenters. The topological polar surface area (TPSA) is 58.7 Å². The van der Waals surface area contributed by atoms with Crippen LogP contribution in [-0.2, 0) is 14.8 Å². The fraction of sp³-hybridized carbons (Fsp3) is 1.00. The van der Waals surface area contributed by atoms with Gasteiger partial charge in [-0.1, -0.05) is 45.4 Å². The zero-order valence-corrected chi connectivity index (χ0v) is 15.0. The van der Waals surface area contributed by atoms with Crippen LogP contribution in [0.3, 0.4) is 0 Å². The highest BCUT2D eigenvalue weighted by Gasteiger charge is 2.34. The fourth-order valence-corrected chi connectivity index (χ4v) is 3.32. The normalized spacial score (nSPS) is 20.5. The van der Waals surface area contributed by atoms with Gasteiger partial charge in [0.05, 0.1) is 17.5 Å². The monoisotopic (exact) mass is 319 g/mol. The maximum atomic E-state index is 12.3. The van der Waals surface area contributed by atoms with E-state index in [1.807, 2.05) is 0 Å². The molecule has 0 saturated carbocycles. The van der Waals surface area contributed by atoms with E-state index < -0.39 is 14.8 Å². The van der Waals surface area contributed by atoms with Crippen LogP contribution >= 0.6 is 0 Å². The molecule has 126 valence electrons. The van der Waals surface area contributed by atoms with E-state index in [2.05, 4.69) is 11.6 Å². The van der Waals surface area contributed by atoms with Gasteiger partial charge in [0.2, 0.25) is 10.0 Å². The van der Waals surface area contributed by atoms with Crippen molar-refractivity contribution in [2.45, 2.75) is 96.0 Å². The molecular weight excluding hydrogens is 286 g/mol. The van der Waals surface area contributed by atoms with Crippen LogP contribution < -0.4 is 4.72 Å². The molecular formula is C16H33NO3S. The van der Waals surface area contributed by atoms with E-state index in [0.29, 0.717) is 0 Å². The number of sulfonamides is 1. The first-order valence-electron chi connectivity index (χ1n) is 8.39. The highest BCUT2D eigenvalue weighted by Crippen LogP contribution is 2.22. The Labute approximate surface area is 131 Å². The van der Waals surface area contributed by atoms with E-state index in [1.165, 1.54) is 32.1 Å². The van der Waals surface area contributed by atoms with Gasteiger partial charge in [-0.2, -0.15) is 0 Å². The lowest BCUT2D eigenvalue weighted by atomic mass is 10.0. The minimum Gasteiger partial charge on any atom is -0.373 e. The predicted octanol–water partition coefficient (Wildman–Crippen LogP) is 3.61. The molecule has 0 bridgehead atoms. The molecule has 1 saturated heterocycles. The Morgan fingerprint density at radius 1 is 1.14 bits per heavy atom. The lowest BCUT2D eigenvalue weighted by Gasteiger charge is -2.25. The molecule has 0 aromatic rings. The van der Waals surface area contributed by atoms with Crippen molar-refractivity contribution in [2.24, 2.45) is 0 Å². The third-order valence-electron chi connectivity index (χ3n) is 3.98. The van der Waals surface area contributed by atoms with Gasteiger partial charge in [0.15, 0.2) is 0 Å². The Morgan fingerprint density at radius 2 is 1.71 bits per heavy atom. The summed E-state index contributed by atoms with van der Waals surface area (Å²) in [6.45, 7) is 8.22. The van der Waals surface area contributed by atoms with Gasteiger partial charge in [-0.15, -0.1) is 0 Å². The van der Waals surface area contributed by atoms with E-state index in [-0.39, 0.29) is 12.1 Å². The van der Waals surface area contributed by atoms with E-state index in [1.54, 1.807) is 20.8 Å². The van der Waals surface area contributed by atoms with Crippen molar-refractivity contribution < 1.29 is 13.2 Å². The molecule has 5 heteroatoms. The number of nitrogens with one attached hydrogen (secondary N) is 1. The first kappa shape index (κ1) is 18.9. The van der Waals surface area contributed by atoms with Gasteiger partial charge in [0.1, 0.15) is 0 Å². The molecule has 0 radical (unpaired) electrons. The van der Waals surface area contributed by atoms with Crippen molar-refractivity contribution in [3.05, 3.63) is 0 Å². The molecule has 1 aliphatic rings. The molecule has 1 rings (SSSR count). The van der Waals surface area contributed by atoms with Crippen LogP contribution in [0.4, 0.5) is 0 Å². The second kappa shape index (κ2) is 8.49. The molecule has 0 amide bonds. The maximum Gasteiger partial charge on any atom is 0.216 e. The largest absolute Gasteiger partial charge is 0.373 e. The number of rotatable bonds is 11. The van der Waals surface area contributed by atoms with Gasteiger partial charge in [-0.05, 0) is 33.6 Å². The molecule has 1 heterocycles. The van der Waals surface area contributed by atoms with Gasteiger partial charge in [0, 0.05) is 6.04 Å². The minimum atomic E-state index is -3.27. The van der Waals surface area contributed by atoms with Crippen LogP contribution in [0.2, 0.25) is 0 Å². The van der Waals surface area contributed by atoms with E-state index in [0.717, 1.165) is 25.9 Å². The molecule has 21 heavy (non-hydrogen) atoms. The second-order valence-corrected chi connectivity index (χ2v) is 9.65. The molecule has 4 nitrogen and oxygen atoms in total. The van der Waals surface area contributed by atoms with Crippen molar-refractivity contribution in [1.29, 1.82) is 0 Å². The Morgan fingerprint density at radius 3 is 2.24 bits per heavy atom. The third kappa shape index (κ3) is 7.61. The summed E-state index contributed by atoms with van der Waals surface area (Å²) < 4.78 is 32.0. The molecule has 0 aromatic heterocycles. The lowest BCUT2D eigenvalue weighted by molar-refractivity contribution is 0.361. The van der Waals surface area contributed by atoms with Gasteiger partial charge in [-0.25, -0.2) is 13.1 Å². The summed E-state index contributed by atoms with van der Waals surface area (Å²) in [5.41, 5.74) is 0. The molecule has 0 aromatic carbocycles. The SMILES string of the molecule is CCCCCCCC[C@H](C[C@H]1CO1)NS(=O)(=O)C(C)(C)C. The van der Waals surface area contributed by atoms with E-state index in [9.17, 15) is 8.42 Å². The lowest BCUT2D eigenvalue weighted by Crippen LogP contribution is -2.45. The molecule has 1 fully saturated rings. The van der Waals surface area contributed by atoms with Crippen molar-refractivity contribution >= 4 is 10.0 Å². The summed E-state index contributed by atoms with van der Waals surface area (Å²) in [7, 11) is -3.27. The van der Waals surface area contributed by atoms with Gasteiger partial charge in [0.25, 0.3) is 0 Å². The first-order valence-corrected chi connectivity index (χ1v) is 9.88. The summed E-state index contributed by atoms with van der Waals surface area (Å²) in [6, 6.07) is 0.0212. The number of unbranched alkanes of at least 4 members (excludes halogenated alkanes) is 5. The average molecular weight is 320 g/mol. The molecule has 1 N–H and O–H groups in total. The van der Waals surface area contributed by atoms with Crippen LogP contribution in [0.15, 0.2) is 0 Å². The van der Waals surface area contributed by atoms with Crippen LogP contribution in [0.1, 0.15) is 79.1 Å². The van der Waals surface area contributed by atoms with Crippen LogP contribution in [0, 0.1) is 0 Å². The smallest absolute Gasteiger partial charge is 0.216 e. The zero-order chi connectivity index (χ0) is 15.9.